The topological polar surface area (TPSA) is 34.0 Å². The standard InChI is InChI=1S/C16H22N2OS/c1-4-12(5-2)15(14-9-7-11-20-14)17-16(19)13-8-6-10-18(13)3/h6-12,15H,4-5H2,1-3H3,(H,17,19). The van der Waals surface area contributed by atoms with Gasteiger partial charge in [-0.2, -0.15) is 0 Å². The first kappa shape index (κ1) is 14.9. The highest BCUT2D eigenvalue weighted by atomic mass is 32.1. The summed E-state index contributed by atoms with van der Waals surface area (Å²) < 4.78 is 1.85. The Morgan fingerprint density at radius 1 is 1.30 bits per heavy atom. The first-order valence-corrected chi connectivity index (χ1v) is 8.00. The summed E-state index contributed by atoms with van der Waals surface area (Å²) in [5, 5.41) is 5.28. The Morgan fingerprint density at radius 3 is 2.55 bits per heavy atom. The number of carbonyl (C=O) groups excluding carboxylic acids is 1. The number of nitrogens with one attached hydrogen (secondary N) is 1. The van der Waals surface area contributed by atoms with Gasteiger partial charge < -0.3 is 9.88 Å². The molecular formula is C16H22N2OS. The second-order valence-corrected chi connectivity index (χ2v) is 6.03. The van der Waals surface area contributed by atoms with E-state index >= 15 is 0 Å². The smallest absolute Gasteiger partial charge is 0.268 e. The van der Waals surface area contributed by atoms with Crippen molar-refractivity contribution >= 4 is 17.2 Å². The summed E-state index contributed by atoms with van der Waals surface area (Å²) in [5.74, 6) is 0.473. The molecule has 0 aliphatic rings. The van der Waals surface area contributed by atoms with E-state index in [4.69, 9.17) is 0 Å². The van der Waals surface area contributed by atoms with Gasteiger partial charge in [-0.25, -0.2) is 0 Å². The number of hydrogen-bond acceptors (Lipinski definition) is 2. The molecule has 0 bridgehead atoms. The van der Waals surface area contributed by atoms with E-state index in [1.54, 1.807) is 11.3 Å². The molecule has 1 amide bonds. The molecule has 1 atom stereocenters. The van der Waals surface area contributed by atoms with E-state index < -0.39 is 0 Å². The van der Waals surface area contributed by atoms with Gasteiger partial charge in [-0.3, -0.25) is 4.79 Å². The lowest BCUT2D eigenvalue weighted by atomic mass is 9.93. The van der Waals surface area contributed by atoms with E-state index in [0.717, 1.165) is 12.8 Å². The van der Waals surface area contributed by atoms with Crippen LogP contribution in [0.15, 0.2) is 35.8 Å². The van der Waals surface area contributed by atoms with E-state index in [2.05, 4.69) is 30.6 Å². The molecule has 1 unspecified atom stereocenters. The highest BCUT2D eigenvalue weighted by molar-refractivity contribution is 7.10. The number of thiophene rings is 1. The van der Waals surface area contributed by atoms with Gasteiger partial charge in [-0.15, -0.1) is 11.3 Å². The maximum absolute atomic E-state index is 12.4. The number of nitrogens with zero attached hydrogens (tertiary/aromatic N) is 1. The third-order valence-electron chi connectivity index (χ3n) is 3.83. The summed E-state index contributed by atoms with van der Waals surface area (Å²) in [4.78, 5) is 13.7. The van der Waals surface area contributed by atoms with Crippen LogP contribution in [0.5, 0.6) is 0 Å². The molecule has 2 rings (SSSR count). The second-order valence-electron chi connectivity index (χ2n) is 5.05. The average Bonchev–Trinajstić information content (AvgIpc) is 3.09. The Labute approximate surface area is 124 Å². The molecule has 20 heavy (non-hydrogen) atoms. The summed E-state index contributed by atoms with van der Waals surface area (Å²) in [6, 6.07) is 8.01. The number of carbonyl (C=O) groups is 1. The monoisotopic (exact) mass is 290 g/mol. The van der Waals surface area contributed by atoms with Gasteiger partial charge in [0.15, 0.2) is 0 Å². The molecule has 1 N–H and O–H groups in total. The van der Waals surface area contributed by atoms with E-state index in [1.165, 1.54) is 4.88 Å². The molecule has 3 nitrogen and oxygen atoms in total. The van der Waals surface area contributed by atoms with Crippen LogP contribution in [0.2, 0.25) is 0 Å². The summed E-state index contributed by atoms with van der Waals surface area (Å²) >= 11 is 1.71. The van der Waals surface area contributed by atoms with E-state index in [0.29, 0.717) is 11.6 Å². The molecule has 0 aliphatic carbocycles. The molecule has 0 aliphatic heterocycles. The first-order chi connectivity index (χ1) is 9.67. The molecule has 0 spiro atoms. The van der Waals surface area contributed by atoms with Gasteiger partial charge in [0.2, 0.25) is 0 Å². The van der Waals surface area contributed by atoms with Gasteiger partial charge in [-0.1, -0.05) is 32.8 Å². The predicted molar refractivity (Wildman–Crippen MR) is 84.0 cm³/mol. The van der Waals surface area contributed by atoms with Crippen LogP contribution >= 0.6 is 11.3 Å². The Balaban J connectivity index is 2.20. The lowest BCUT2D eigenvalue weighted by Crippen LogP contribution is -2.33. The molecule has 0 radical (unpaired) electrons. The van der Waals surface area contributed by atoms with Crippen LogP contribution in [0.4, 0.5) is 0 Å². The molecular weight excluding hydrogens is 268 g/mol. The first-order valence-electron chi connectivity index (χ1n) is 7.13. The van der Waals surface area contributed by atoms with E-state index in [1.807, 2.05) is 36.0 Å². The number of aromatic nitrogens is 1. The fraction of sp³-hybridized carbons (Fsp3) is 0.438. The molecule has 2 aromatic rings. The summed E-state index contributed by atoms with van der Waals surface area (Å²) in [6.45, 7) is 4.37. The van der Waals surface area contributed by atoms with Gasteiger partial charge in [0.25, 0.3) is 5.91 Å². The zero-order valence-electron chi connectivity index (χ0n) is 12.3. The molecule has 2 aromatic heterocycles. The average molecular weight is 290 g/mol. The Morgan fingerprint density at radius 2 is 2.05 bits per heavy atom. The molecule has 0 fully saturated rings. The minimum absolute atomic E-state index is 0.00259. The Kier molecular flexibility index (Phi) is 5.01. The minimum atomic E-state index is 0.00259. The zero-order chi connectivity index (χ0) is 14.5. The normalized spacial score (nSPS) is 12.6. The van der Waals surface area contributed by atoms with Crippen molar-refractivity contribution in [2.75, 3.05) is 0 Å². The zero-order valence-corrected chi connectivity index (χ0v) is 13.1. The van der Waals surface area contributed by atoms with Crippen molar-refractivity contribution < 1.29 is 4.79 Å². The highest BCUT2D eigenvalue weighted by Crippen LogP contribution is 2.30. The summed E-state index contributed by atoms with van der Waals surface area (Å²) in [5.41, 5.74) is 0.706. The fourth-order valence-electron chi connectivity index (χ4n) is 2.56. The Bertz CT molecular complexity index is 541. The van der Waals surface area contributed by atoms with Crippen molar-refractivity contribution in [3.05, 3.63) is 46.4 Å². The molecule has 2 heterocycles. The maximum Gasteiger partial charge on any atom is 0.268 e. The van der Waals surface area contributed by atoms with Crippen LogP contribution in [0, 0.1) is 5.92 Å². The van der Waals surface area contributed by atoms with Crippen LogP contribution in [-0.4, -0.2) is 10.5 Å². The molecule has 0 saturated heterocycles. The van der Waals surface area contributed by atoms with Crippen LogP contribution in [-0.2, 0) is 7.05 Å². The SMILES string of the molecule is CCC(CC)C(NC(=O)c1cccn1C)c1cccs1. The van der Waals surface area contributed by atoms with Crippen LogP contribution in [0.3, 0.4) is 0 Å². The number of hydrogen-bond donors (Lipinski definition) is 1. The third-order valence-corrected chi connectivity index (χ3v) is 4.79. The second kappa shape index (κ2) is 6.75. The molecule has 4 heteroatoms. The number of amides is 1. The van der Waals surface area contributed by atoms with Crippen molar-refractivity contribution in [3.8, 4) is 0 Å². The van der Waals surface area contributed by atoms with Crippen molar-refractivity contribution in [3.63, 3.8) is 0 Å². The quantitative estimate of drug-likeness (QED) is 0.857. The lowest BCUT2D eigenvalue weighted by Gasteiger charge is -2.25. The third kappa shape index (κ3) is 3.12. The Hall–Kier alpha value is -1.55. The minimum Gasteiger partial charge on any atom is -0.347 e. The van der Waals surface area contributed by atoms with Crippen molar-refractivity contribution in [2.24, 2.45) is 13.0 Å². The summed E-state index contributed by atoms with van der Waals surface area (Å²) in [6.07, 6.45) is 4.02. The van der Waals surface area contributed by atoms with E-state index in [-0.39, 0.29) is 11.9 Å². The number of aryl methyl sites for hydroxylation is 1. The fourth-order valence-corrected chi connectivity index (χ4v) is 3.43. The largest absolute Gasteiger partial charge is 0.347 e. The predicted octanol–water partition coefficient (Wildman–Crippen LogP) is 3.99. The van der Waals surface area contributed by atoms with Gasteiger partial charge >= 0.3 is 0 Å². The van der Waals surface area contributed by atoms with Gasteiger partial charge in [0, 0.05) is 18.1 Å². The number of rotatable bonds is 6. The van der Waals surface area contributed by atoms with Gasteiger partial charge in [-0.05, 0) is 29.5 Å². The highest BCUT2D eigenvalue weighted by Gasteiger charge is 2.24. The van der Waals surface area contributed by atoms with Crippen LogP contribution < -0.4 is 5.32 Å². The van der Waals surface area contributed by atoms with Gasteiger partial charge in [0.1, 0.15) is 5.69 Å². The molecule has 108 valence electrons. The van der Waals surface area contributed by atoms with Crippen molar-refractivity contribution in [1.29, 1.82) is 0 Å². The van der Waals surface area contributed by atoms with Crippen molar-refractivity contribution in [1.82, 2.24) is 9.88 Å². The maximum atomic E-state index is 12.4. The molecule has 0 saturated carbocycles. The summed E-state index contributed by atoms with van der Waals surface area (Å²) in [7, 11) is 1.90. The van der Waals surface area contributed by atoms with Gasteiger partial charge in [0.05, 0.1) is 6.04 Å². The van der Waals surface area contributed by atoms with Crippen LogP contribution in [0.25, 0.3) is 0 Å². The molecule has 0 aromatic carbocycles. The van der Waals surface area contributed by atoms with Crippen LogP contribution in [0.1, 0.15) is 48.1 Å². The van der Waals surface area contributed by atoms with E-state index in [9.17, 15) is 4.79 Å². The van der Waals surface area contributed by atoms with Crippen molar-refractivity contribution in [2.45, 2.75) is 32.7 Å². The lowest BCUT2D eigenvalue weighted by molar-refractivity contribution is 0.0912.